The summed E-state index contributed by atoms with van der Waals surface area (Å²) >= 11 is 0. The Balaban J connectivity index is -0.00000000500. The van der Waals surface area contributed by atoms with Crippen LogP contribution in [0.25, 0.3) is 0 Å². The number of nitrogens with zero attached hydrogens (tertiary/aromatic N) is 6. The maximum Gasteiger partial charge on any atom is 0 e. The van der Waals surface area contributed by atoms with E-state index in [1.807, 2.05) is 0 Å². The van der Waals surface area contributed by atoms with Gasteiger partial charge in [-0.15, -0.1) is 0 Å². The van der Waals surface area contributed by atoms with Gasteiger partial charge in [-0.1, -0.05) is 0 Å². The fourth-order valence-electron chi connectivity index (χ4n) is 0. The van der Waals surface area contributed by atoms with Crippen molar-refractivity contribution in [3.63, 3.8) is 0 Å². The Hall–Kier alpha value is -1.79. The van der Waals surface area contributed by atoms with Gasteiger partial charge < -0.3 is 71.0 Å². The van der Waals surface area contributed by atoms with Crippen molar-refractivity contribution >= 4 is 23.1 Å². The molecular formula is C6CoMgN6-6. The van der Waals surface area contributed by atoms with E-state index in [9.17, 15) is 0 Å². The smallest absolute Gasteiger partial charge is 0 e. The molecule has 6 nitrogen and oxygen atoms in total. The average molecular weight is 239 g/mol. The minimum Gasteiger partial charge on any atom is -0.512 e. The van der Waals surface area contributed by atoms with Crippen molar-refractivity contribution in [2.24, 2.45) is 0 Å². The number of hydrogen-bond donors (Lipinski definition) is 0. The zero-order valence-electron chi connectivity index (χ0n) is 6.72. The Labute approximate surface area is 111 Å². The molecule has 0 saturated carbocycles. The van der Waals surface area contributed by atoms with Crippen LogP contribution in [0.3, 0.4) is 0 Å². The summed E-state index contributed by atoms with van der Waals surface area (Å²) < 4.78 is 0. The maximum atomic E-state index is 6.25. The van der Waals surface area contributed by atoms with Gasteiger partial charge in [0.25, 0.3) is 0 Å². The van der Waals surface area contributed by atoms with E-state index in [0.717, 1.165) is 0 Å². The van der Waals surface area contributed by atoms with E-state index in [-0.39, 0.29) is 39.8 Å². The van der Waals surface area contributed by atoms with Gasteiger partial charge in [0.15, 0.2) is 0 Å². The zero-order chi connectivity index (χ0) is 12.0. The van der Waals surface area contributed by atoms with Crippen LogP contribution in [0.2, 0.25) is 0 Å². The number of rotatable bonds is 0. The van der Waals surface area contributed by atoms with Crippen LogP contribution in [0.1, 0.15) is 0 Å². The largest absolute Gasteiger partial charge is 0.512 e. The normalized spacial score (nSPS) is 0.857. The summed E-state index contributed by atoms with van der Waals surface area (Å²) in [5.74, 6) is 0. The molecule has 3 radical (unpaired) electrons. The molecule has 0 aliphatic carbocycles. The Bertz CT molecular complexity index is 97.3. The van der Waals surface area contributed by atoms with Gasteiger partial charge in [-0.05, 0) is 0 Å². The fraction of sp³-hybridized carbons (Fsp3) is 0. The summed E-state index contributed by atoms with van der Waals surface area (Å²) in [6, 6.07) is 0. The quantitative estimate of drug-likeness (QED) is 0.436. The van der Waals surface area contributed by atoms with Gasteiger partial charge in [-0.25, -0.2) is 0 Å². The SMILES string of the molecule is [C-]#N.[C-]#N.[C-]#N.[C-]#N.[C-]#N.[C-]#N.[Co].[Mg]. The molecule has 0 aromatic heterocycles. The molecule has 0 bridgehead atoms. The molecule has 0 unspecified atom stereocenters. The van der Waals surface area contributed by atoms with Crippen LogP contribution >= 0.6 is 0 Å². The predicted molar refractivity (Wildman–Crippen MR) is 35.6 cm³/mol. The predicted octanol–water partition coefficient (Wildman–Crippen LogP) is 0.195. The topological polar surface area (TPSA) is 143 Å². The molecule has 0 aromatic rings. The standard InChI is InChI=1S/6CN.Co.Mg/c6*1-2;;/q6*-1;;. The molecule has 14 heavy (non-hydrogen) atoms. The Kier molecular flexibility index (Phi) is 2260. The molecule has 0 atom stereocenters. The molecule has 0 aliphatic heterocycles. The van der Waals surface area contributed by atoms with Crippen LogP contribution in [0.4, 0.5) is 0 Å². The summed E-state index contributed by atoms with van der Waals surface area (Å²) in [5, 5.41) is 37.5. The maximum absolute atomic E-state index is 6.25. The third-order valence-corrected chi connectivity index (χ3v) is 0. The second-order valence-electron chi connectivity index (χ2n) is 0. The van der Waals surface area contributed by atoms with Crippen LogP contribution in [-0.4, -0.2) is 23.1 Å². The van der Waals surface area contributed by atoms with Crippen molar-refractivity contribution in [2.75, 3.05) is 0 Å². The van der Waals surface area contributed by atoms with Gasteiger partial charge in [-0.2, -0.15) is 0 Å². The fourth-order valence-corrected chi connectivity index (χ4v) is 0. The molecule has 0 fully saturated rings. The van der Waals surface area contributed by atoms with Gasteiger partial charge >= 0.3 is 0 Å². The third kappa shape index (κ3) is 271. The zero-order valence-corrected chi connectivity index (χ0v) is 9.18. The van der Waals surface area contributed by atoms with Crippen molar-refractivity contribution < 1.29 is 16.8 Å². The number of hydrogen-bond acceptors (Lipinski definition) is 6. The van der Waals surface area contributed by atoms with Crippen molar-refractivity contribution in [3.8, 4) is 0 Å². The van der Waals surface area contributed by atoms with Crippen molar-refractivity contribution in [3.05, 3.63) is 39.4 Å². The summed E-state index contributed by atoms with van der Waals surface area (Å²) in [6.45, 7) is 28.5. The second kappa shape index (κ2) is 366. The first-order chi connectivity index (χ1) is 6.00. The van der Waals surface area contributed by atoms with Crippen LogP contribution in [0, 0.1) is 71.0 Å². The first kappa shape index (κ1) is 86.5. The van der Waals surface area contributed by atoms with E-state index in [4.69, 9.17) is 71.0 Å². The summed E-state index contributed by atoms with van der Waals surface area (Å²) in [6.07, 6.45) is 0. The molecule has 0 aliphatic rings. The van der Waals surface area contributed by atoms with Gasteiger partial charge in [-0.3, -0.25) is 0 Å². The van der Waals surface area contributed by atoms with Gasteiger partial charge in [0.05, 0.1) is 0 Å². The summed E-state index contributed by atoms with van der Waals surface area (Å²) in [5.41, 5.74) is 0. The van der Waals surface area contributed by atoms with E-state index < -0.39 is 0 Å². The van der Waals surface area contributed by atoms with E-state index in [1.54, 1.807) is 0 Å². The van der Waals surface area contributed by atoms with E-state index in [1.165, 1.54) is 0 Å². The van der Waals surface area contributed by atoms with Crippen LogP contribution in [0.5, 0.6) is 0 Å². The van der Waals surface area contributed by atoms with E-state index >= 15 is 0 Å². The molecule has 71 valence electrons. The van der Waals surface area contributed by atoms with E-state index in [2.05, 4.69) is 0 Å². The summed E-state index contributed by atoms with van der Waals surface area (Å²) in [4.78, 5) is 0. The van der Waals surface area contributed by atoms with E-state index in [0.29, 0.717) is 0 Å². The third-order valence-electron chi connectivity index (χ3n) is 0. The summed E-state index contributed by atoms with van der Waals surface area (Å²) in [7, 11) is 0. The van der Waals surface area contributed by atoms with Crippen molar-refractivity contribution in [2.45, 2.75) is 0 Å². The van der Waals surface area contributed by atoms with Crippen LogP contribution in [0.15, 0.2) is 0 Å². The van der Waals surface area contributed by atoms with Gasteiger partial charge in [0.2, 0.25) is 0 Å². The first-order valence-electron chi connectivity index (χ1n) is 1.34. The average Bonchev–Trinajstić information content (AvgIpc) is 2.33. The molecule has 0 amide bonds. The van der Waals surface area contributed by atoms with Gasteiger partial charge in [0.1, 0.15) is 0 Å². The minimum atomic E-state index is 0. The Morgan fingerprint density at radius 3 is 0.357 bits per heavy atom. The van der Waals surface area contributed by atoms with Crippen molar-refractivity contribution in [1.29, 1.82) is 31.6 Å². The molecule has 0 rings (SSSR count). The molecular weight excluding hydrogens is 239 g/mol. The van der Waals surface area contributed by atoms with Crippen molar-refractivity contribution in [1.82, 2.24) is 0 Å². The molecule has 0 saturated heterocycles. The molecule has 0 spiro atoms. The first-order valence-corrected chi connectivity index (χ1v) is 1.34. The van der Waals surface area contributed by atoms with Crippen LogP contribution < -0.4 is 0 Å². The molecule has 0 N–H and O–H groups in total. The van der Waals surface area contributed by atoms with Gasteiger partial charge in [0, 0.05) is 39.8 Å². The molecule has 8 heteroatoms. The monoisotopic (exact) mass is 239 g/mol. The molecule has 0 heterocycles. The van der Waals surface area contributed by atoms with Crippen LogP contribution in [-0.2, 0) is 16.8 Å². The Morgan fingerprint density at radius 1 is 0.357 bits per heavy atom. The Morgan fingerprint density at radius 2 is 0.357 bits per heavy atom. The minimum absolute atomic E-state index is 0. The second-order valence-corrected chi connectivity index (χ2v) is 0. The molecule has 0 aromatic carbocycles.